The molecule has 0 amide bonds. The number of aromatic amines is 1. The SMILES string of the molecule is C#CCCCNc1[nH]ncc1C#N. The number of hydrogen-bond donors (Lipinski definition) is 2. The highest BCUT2D eigenvalue weighted by atomic mass is 15.2. The first kappa shape index (κ1) is 9.15. The molecule has 4 nitrogen and oxygen atoms in total. The van der Waals surface area contributed by atoms with E-state index in [1.54, 1.807) is 0 Å². The molecule has 13 heavy (non-hydrogen) atoms. The molecule has 2 N–H and O–H groups in total. The Bertz CT molecular complexity index is 339. The van der Waals surface area contributed by atoms with E-state index in [0.717, 1.165) is 19.4 Å². The smallest absolute Gasteiger partial charge is 0.139 e. The standard InChI is InChI=1S/C9H10N4/c1-2-3-4-5-11-9-8(6-10)7-12-13-9/h1,7H,3-5H2,(H2,11,12,13). The van der Waals surface area contributed by atoms with Crippen LogP contribution in [0.2, 0.25) is 0 Å². The molecule has 0 aliphatic heterocycles. The second kappa shape index (κ2) is 4.84. The van der Waals surface area contributed by atoms with Gasteiger partial charge in [-0.2, -0.15) is 10.4 Å². The summed E-state index contributed by atoms with van der Waals surface area (Å²) in [6, 6.07) is 2.02. The van der Waals surface area contributed by atoms with Crippen LogP contribution < -0.4 is 5.32 Å². The molecule has 0 unspecified atom stereocenters. The van der Waals surface area contributed by atoms with Gasteiger partial charge >= 0.3 is 0 Å². The summed E-state index contributed by atoms with van der Waals surface area (Å²) in [5.41, 5.74) is 0.528. The summed E-state index contributed by atoms with van der Waals surface area (Å²) in [4.78, 5) is 0. The van der Waals surface area contributed by atoms with Crippen molar-refractivity contribution in [1.29, 1.82) is 5.26 Å². The van der Waals surface area contributed by atoms with Gasteiger partial charge in [0.1, 0.15) is 17.5 Å². The fourth-order valence-electron chi connectivity index (χ4n) is 0.910. The van der Waals surface area contributed by atoms with Crippen molar-refractivity contribution in [3.8, 4) is 18.4 Å². The number of rotatable bonds is 4. The van der Waals surface area contributed by atoms with Gasteiger partial charge in [0.25, 0.3) is 0 Å². The minimum Gasteiger partial charge on any atom is -0.369 e. The van der Waals surface area contributed by atoms with E-state index in [1.807, 2.05) is 6.07 Å². The maximum atomic E-state index is 8.63. The molecule has 0 radical (unpaired) electrons. The van der Waals surface area contributed by atoms with Crippen LogP contribution in [0.3, 0.4) is 0 Å². The number of hydrogen-bond acceptors (Lipinski definition) is 3. The lowest BCUT2D eigenvalue weighted by Gasteiger charge is -2.00. The molecule has 0 atom stereocenters. The van der Waals surface area contributed by atoms with Gasteiger partial charge in [-0.05, 0) is 6.42 Å². The first-order chi connectivity index (χ1) is 6.38. The molecule has 1 aromatic heterocycles. The minimum atomic E-state index is 0.528. The number of terminal acetylenes is 1. The summed E-state index contributed by atoms with van der Waals surface area (Å²) in [6.45, 7) is 0.751. The summed E-state index contributed by atoms with van der Waals surface area (Å²) in [5, 5.41) is 18.1. The van der Waals surface area contributed by atoms with Crippen molar-refractivity contribution >= 4 is 5.82 Å². The highest BCUT2D eigenvalue weighted by molar-refractivity contribution is 5.49. The summed E-state index contributed by atoms with van der Waals surface area (Å²) in [7, 11) is 0. The van der Waals surface area contributed by atoms with E-state index in [-0.39, 0.29) is 0 Å². The normalized spacial score (nSPS) is 8.77. The van der Waals surface area contributed by atoms with E-state index < -0.39 is 0 Å². The summed E-state index contributed by atoms with van der Waals surface area (Å²) in [6.07, 6.45) is 8.21. The first-order valence-corrected chi connectivity index (χ1v) is 3.99. The maximum absolute atomic E-state index is 8.63. The number of unbranched alkanes of at least 4 members (excludes halogenated alkanes) is 1. The Labute approximate surface area is 77.0 Å². The average molecular weight is 174 g/mol. The Balaban J connectivity index is 2.38. The number of nitriles is 1. The zero-order valence-electron chi connectivity index (χ0n) is 7.17. The van der Waals surface area contributed by atoms with Crippen LogP contribution in [0.15, 0.2) is 6.20 Å². The quantitative estimate of drug-likeness (QED) is 0.530. The van der Waals surface area contributed by atoms with Gasteiger partial charge in [-0.3, -0.25) is 5.10 Å². The number of aromatic nitrogens is 2. The Hall–Kier alpha value is -1.94. The molecule has 0 bridgehead atoms. The van der Waals surface area contributed by atoms with Gasteiger partial charge in [0, 0.05) is 13.0 Å². The Morgan fingerprint density at radius 2 is 2.54 bits per heavy atom. The van der Waals surface area contributed by atoms with Crippen LogP contribution in [-0.4, -0.2) is 16.7 Å². The van der Waals surface area contributed by atoms with Crippen molar-refractivity contribution in [2.75, 3.05) is 11.9 Å². The van der Waals surface area contributed by atoms with Crippen LogP contribution in [-0.2, 0) is 0 Å². The van der Waals surface area contributed by atoms with E-state index in [2.05, 4.69) is 21.4 Å². The predicted molar refractivity (Wildman–Crippen MR) is 49.9 cm³/mol. The molecule has 0 spiro atoms. The van der Waals surface area contributed by atoms with Crippen molar-refractivity contribution < 1.29 is 0 Å². The van der Waals surface area contributed by atoms with Crippen LogP contribution in [0.25, 0.3) is 0 Å². The Kier molecular flexibility index (Phi) is 3.41. The zero-order valence-corrected chi connectivity index (χ0v) is 7.17. The number of anilines is 1. The van der Waals surface area contributed by atoms with Crippen molar-refractivity contribution in [2.45, 2.75) is 12.8 Å². The highest BCUT2D eigenvalue weighted by Crippen LogP contribution is 2.08. The molecule has 0 saturated carbocycles. The lowest BCUT2D eigenvalue weighted by molar-refractivity contribution is 0.898. The largest absolute Gasteiger partial charge is 0.369 e. The third-order valence-electron chi connectivity index (χ3n) is 1.56. The maximum Gasteiger partial charge on any atom is 0.139 e. The van der Waals surface area contributed by atoms with Crippen LogP contribution in [0.1, 0.15) is 18.4 Å². The Morgan fingerprint density at radius 1 is 1.69 bits per heavy atom. The predicted octanol–water partition coefficient (Wildman–Crippen LogP) is 1.11. The molecular weight excluding hydrogens is 164 g/mol. The molecule has 0 saturated heterocycles. The van der Waals surface area contributed by atoms with Crippen LogP contribution >= 0.6 is 0 Å². The topological polar surface area (TPSA) is 64.5 Å². The summed E-state index contributed by atoms with van der Waals surface area (Å²) >= 11 is 0. The zero-order chi connectivity index (χ0) is 9.52. The van der Waals surface area contributed by atoms with Gasteiger partial charge < -0.3 is 5.32 Å². The van der Waals surface area contributed by atoms with Crippen molar-refractivity contribution in [2.24, 2.45) is 0 Å². The molecule has 1 heterocycles. The van der Waals surface area contributed by atoms with E-state index >= 15 is 0 Å². The molecule has 1 aromatic rings. The molecule has 0 aromatic carbocycles. The molecule has 1 rings (SSSR count). The van der Waals surface area contributed by atoms with E-state index in [1.165, 1.54) is 6.20 Å². The van der Waals surface area contributed by atoms with Gasteiger partial charge in [-0.25, -0.2) is 0 Å². The monoisotopic (exact) mass is 174 g/mol. The van der Waals surface area contributed by atoms with Crippen LogP contribution in [0, 0.1) is 23.7 Å². The van der Waals surface area contributed by atoms with Gasteiger partial charge in [0.05, 0.1) is 6.20 Å². The number of nitrogens with one attached hydrogen (secondary N) is 2. The molecule has 4 heteroatoms. The molecule has 66 valence electrons. The minimum absolute atomic E-state index is 0.528. The molecule has 0 aliphatic carbocycles. The third kappa shape index (κ3) is 2.53. The third-order valence-corrected chi connectivity index (χ3v) is 1.56. The second-order valence-corrected chi connectivity index (χ2v) is 2.50. The van der Waals surface area contributed by atoms with Crippen molar-refractivity contribution in [3.05, 3.63) is 11.8 Å². The lowest BCUT2D eigenvalue weighted by Crippen LogP contribution is -2.02. The van der Waals surface area contributed by atoms with Gasteiger partial charge in [-0.15, -0.1) is 12.3 Å². The molecule has 0 fully saturated rings. The van der Waals surface area contributed by atoms with Crippen molar-refractivity contribution in [3.63, 3.8) is 0 Å². The fraction of sp³-hybridized carbons (Fsp3) is 0.333. The van der Waals surface area contributed by atoms with Gasteiger partial charge in [-0.1, -0.05) is 0 Å². The van der Waals surface area contributed by atoms with Gasteiger partial charge in [0.15, 0.2) is 0 Å². The van der Waals surface area contributed by atoms with E-state index in [4.69, 9.17) is 11.7 Å². The molecular formula is C9H10N4. The van der Waals surface area contributed by atoms with Crippen LogP contribution in [0.5, 0.6) is 0 Å². The fourth-order valence-corrected chi connectivity index (χ4v) is 0.910. The van der Waals surface area contributed by atoms with E-state index in [0.29, 0.717) is 11.4 Å². The summed E-state index contributed by atoms with van der Waals surface area (Å²) in [5.74, 6) is 3.21. The van der Waals surface area contributed by atoms with Gasteiger partial charge in [0.2, 0.25) is 0 Å². The van der Waals surface area contributed by atoms with Crippen LogP contribution in [0.4, 0.5) is 5.82 Å². The lowest BCUT2D eigenvalue weighted by atomic mass is 10.3. The first-order valence-electron chi connectivity index (χ1n) is 3.99. The summed E-state index contributed by atoms with van der Waals surface area (Å²) < 4.78 is 0. The van der Waals surface area contributed by atoms with Crippen molar-refractivity contribution in [1.82, 2.24) is 10.2 Å². The molecule has 0 aliphatic rings. The average Bonchev–Trinajstić information content (AvgIpc) is 2.60. The second-order valence-electron chi connectivity index (χ2n) is 2.50. The van der Waals surface area contributed by atoms with E-state index in [9.17, 15) is 0 Å². The number of H-pyrrole nitrogens is 1. The Morgan fingerprint density at radius 3 is 3.23 bits per heavy atom. The highest BCUT2D eigenvalue weighted by Gasteiger charge is 2.01. The number of nitrogens with zero attached hydrogens (tertiary/aromatic N) is 2.